The number of amides is 4. The maximum atomic E-state index is 12.2. The summed E-state index contributed by atoms with van der Waals surface area (Å²) >= 11 is 0. The summed E-state index contributed by atoms with van der Waals surface area (Å²) in [6.45, 7) is 1.42. The lowest BCUT2D eigenvalue weighted by atomic mass is 9.87. The molecule has 21 heavy (non-hydrogen) atoms. The van der Waals surface area contributed by atoms with Gasteiger partial charge in [-0.25, -0.2) is 4.79 Å². The molecule has 2 fully saturated rings. The maximum absolute atomic E-state index is 12.2. The zero-order valence-electron chi connectivity index (χ0n) is 12.2. The van der Waals surface area contributed by atoms with E-state index in [1.807, 2.05) is 0 Å². The van der Waals surface area contributed by atoms with Crippen molar-refractivity contribution in [2.75, 3.05) is 26.8 Å². The molecule has 0 saturated carbocycles. The minimum Gasteiger partial charge on any atom is -0.385 e. The third-order valence-electron chi connectivity index (χ3n) is 4.12. The number of rotatable bonds is 5. The first-order valence-electron chi connectivity index (χ1n) is 7.15. The van der Waals surface area contributed by atoms with Crippen molar-refractivity contribution in [2.24, 2.45) is 5.73 Å². The first-order chi connectivity index (χ1) is 9.98. The normalized spacial score (nSPS) is 22.1. The number of hydrogen-bond acceptors (Lipinski definition) is 5. The van der Waals surface area contributed by atoms with E-state index >= 15 is 0 Å². The molecule has 4 amide bonds. The number of piperidine rings is 1. The van der Waals surface area contributed by atoms with E-state index in [-0.39, 0.29) is 11.8 Å². The number of hydrogen-bond donors (Lipinski definition) is 3. The summed E-state index contributed by atoms with van der Waals surface area (Å²) in [4.78, 5) is 36.9. The highest BCUT2D eigenvalue weighted by atomic mass is 16.5. The largest absolute Gasteiger partial charge is 0.385 e. The van der Waals surface area contributed by atoms with Crippen molar-refractivity contribution in [1.82, 2.24) is 15.5 Å². The monoisotopic (exact) mass is 298 g/mol. The van der Waals surface area contributed by atoms with Gasteiger partial charge in [0.15, 0.2) is 0 Å². The molecule has 1 unspecified atom stereocenters. The fourth-order valence-electron chi connectivity index (χ4n) is 2.79. The SMILES string of the molecule is COCCCC(N)C(=O)N1CCC2(CC1)NC(=O)NC2=O. The molecule has 2 saturated heterocycles. The van der Waals surface area contributed by atoms with Crippen LogP contribution < -0.4 is 16.4 Å². The number of carbonyl (C=O) groups excluding carboxylic acids is 3. The van der Waals surface area contributed by atoms with Crippen LogP contribution in [-0.2, 0) is 14.3 Å². The second kappa shape index (κ2) is 6.40. The van der Waals surface area contributed by atoms with E-state index in [9.17, 15) is 14.4 Å². The molecule has 0 aliphatic carbocycles. The maximum Gasteiger partial charge on any atom is 0.322 e. The molecule has 2 heterocycles. The quantitative estimate of drug-likeness (QED) is 0.442. The summed E-state index contributed by atoms with van der Waals surface area (Å²) < 4.78 is 4.94. The van der Waals surface area contributed by atoms with Crippen LogP contribution in [0.4, 0.5) is 4.79 Å². The van der Waals surface area contributed by atoms with Gasteiger partial charge in [0.25, 0.3) is 5.91 Å². The highest BCUT2D eigenvalue weighted by Crippen LogP contribution is 2.25. The topological polar surface area (TPSA) is 114 Å². The van der Waals surface area contributed by atoms with Crippen LogP contribution in [0.15, 0.2) is 0 Å². The molecule has 4 N–H and O–H groups in total. The average molecular weight is 298 g/mol. The number of urea groups is 1. The summed E-state index contributed by atoms with van der Waals surface area (Å²) in [5, 5.41) is 4.91. The molecule has 2 aliphatic heterocycles. The third kappa shape index (κ3) is 3.33. The Kier molecular flexibility index (Phi) is 4.79. The van der Waals surface area contributed by atoms with Gasteiger partial charge < -0.3 is 20.7 Å². The lowest BCUT2D eigenvalue weighted by molar-refractivity contribution is -0.137. The van der Waals surface area contributed by atoms with Crippen LogP contribution >= 0.6 is 0 Å². The Balaban J connectivity index is 1.84. The minimum atomic E-state index is -0.853. The van der Waals surface area contributed by atoms with Gasteiger partial charge in [0, 0.05) is 26.8 Å². The summed E-state index contributed by atoms with van der Waals surface area (Å²) in [6, 6.07) is -1.00. The predicted octanol–water partition coefficient (Wildman–Crippen LogP) is -1.06. The standard InChI is InChI=1S/C13H22N4O4/c1-21-8-2-3-9(14)10(18)17-6-4-13(5-7-17)11(19)15-12(20)16-13/h9H,2-8,14H2,1H3,(H2,15,16,19,20). The van der Waals surface area contributed by atoms with Gasteiger partial charge in [-0.15, -0.1) is 0 Å². The lowest BCUT2D eigenvalue weighted by Crippen LogP contribution is -2.57. The van der Waals surface area contributed by atoms with Crippen molar-refractivity contribution in [3.63, 3.8) is 0 Å². The van der Waals surface area contributed by atoms with Crippen molar-refractivity contribution in [3.8, 4) is 0 Å². The van der Waals surface area contributed by atoms with Crippen LogP contribution in [0.1, 0.15) is 25.7 Å². The molecular weight excluding hydrogens is 276 g/mol. The Morgan fingerprint density at radius 2 is 2.10 bits per heavy atom. The zero-order chi connectivity index (χ0) is 15.5. The molecule has 0 aromatic carbocycles. The van der Waals surface area contributed by atoms with Gasteiger partial charge in [-0.1, -0.05) is 0 Å². The number of nitrogens with one attached hydrogen (secondary N) is 2. The molecule has 2 aliphatic rings. The Labute approximate surface area is 123 Å². The van der Waals surface area contributed by atoms with Crippen LogP contribution in [0.2, 0.25) is 0 Å². The van der Waals surface area contributed by atoms with Crippen molar-refractivity contribution in [1.29, 1.82) is 0 Å². The highest BCUT2D eigenvalue weighted by Gasteiger charge is 2.48. The van der Waals surface area contributed by atoms with Crippen LogP contribution in [-0.4, -0.2) is 61.1 Å². The molecule has 0 bridgehead atoms. The Morgan fingerprint density at radius 3 is 2.62 bits per heavy atom. The number of nitrogens with zero attached hydrogens (tertiary/aromatic N) is 1. The first kappa shape index (κ1) is 15.7. The lowest BCUT2D eigenvalue weighted by Gasteiger charge is -2.37. The van der Waals surface area contributed by atoms with E-state index in [2.05, 4.69) is 10.6 Å². The Morgan fingerprint density at radius 1 is 1.43 bits per heavy atom. The fraction of sp³-hybridized carbons (Fsp3) is 0.769. The Bertz CT molecular complexity index is 432. The second-order valence-corrected chi connectivity index (χ2v) is 5.56. The van der Waals surface area contributed by atoms with Gasteiger partial charge in [-0.2, -0.15) is 0 Å². The fourth-order valence-corrected chi connectivity index (χ4v) is 2.79. The van der Waals surface area contributed by atoms with E-state index in [4.69, 9.17) is 10.5 Å². The van der Waals surface area contributed by atoms with Crippen molar-refractivity contribution < 1.29 is 19.1 Å². The molecule has 0 aromatic heterocycles. The van der Waals surface area contributed by atoms with E-state index in [0.717, 1.165) is 6.42 Å². The Hall–Kier alpha value is -1.67. The second-order valence-electron chi connectivity index (χ2n) is 5.56. The molecule has 0 radical (unpaired) electrons. The van der Waals surface area contributed by atoms with Crippen LogP contribution in [0.25, 0.3) is 0 Å². The van der Waals surface area contributed by atoms with Gasteiger partial charge in [0.05, 0.1) is 6.04 Å². The van der Waals surface area contributed by atoms with Crippen molar-refractivity contribution >= 4 is 17.8 Å². The number of likely N-dealkylation sites (tertiary alicyclic amines) is 1. The van der Waals surface area contributed by atoms with Crippen LogP contribution in [0, 0.1) is 0 Å². The number of methoxy groups -OCH3 is 1. The summed E-state index contributed by atoms with van der Waals surface area (Å²) in [5.41, 5.74) is 5.03. The van der Waals surface area contributed by atoms with E-state index in [0.29, 0.717) is 39.0 Å². The van der Waals surface area contributed by atoms with Gasteiger partial charge in [0.2, 0.25) is 5.91 Å². The molecule has 2 rings (SSSR count). The minimum absolute atomic E-state index is 0.106. The molecule has 0 aromatic rings. The summed E-state index contributed by atoms with van der Waals surface area (Å²) in [6.07, 6.45) is 2.15. The van der Waals surface area contributed by atoms with Gasteiger partial charge in [0.1, 0.15) is 5.54 Å². The number of imide groups is 1. The van der Waals surface area contributed by atoms with E-state index in [1.165, 1.54) is 0 Å². The van der Waals surface area contributed by atoms with Crippen molar-refractivity contribution in [3.05, 3.63) is 0 Å². The predicted molar refractivity (Wildman–Crippen MR) is 74.3 cm³/mol. The molecule has 8 nitrogen and oxygen atoms in total. The van der Waals surface area contributed by atoms with Gasteiger partial charge >= 0.3 is 6.03 Å². The van der Waals surface area contributed by atoms with Gasteiger partial charge in [-0.05, 0) is 25.7 Å². The number of ether oxygens (including phenoxy) is 1. The van der Waals surface area contributed by atoms with E-state index in [1.54, 1.807) is 12.0 Å². The van der Waals surface area contributed by atoms with Crippen molar-refractivity contribution in [2.45, 2.75) is 37.3 Å². The number of nitrogens with two attached hydrogens (primary N) is 1. The average Bonchev–Trinajstić information content (AvgIpc) is 2.73. The molecule has 1 atom stereocenters. The molecule has 118 valence electrons. The third-order valence-corrected chi connectivity index (χ3v) is 4.12. The highest BCUT2D eigenvalue weighted by molar-refractivity contribution is 6.07. The smallest absolute Gasteiger partial charge is 0.322 e. The van der Waals surface area contributed by atoms with Crippen LogP contribution in [0.5, 0.6) is 0 Å². The number of carbonyl (C=O) groups is 3. The van der Waals surface area contributed by atoms with Gasteiger partial charge in [-0.3, -0.25) is 14.9 Å². The molecule has 1 spiro atoms. The summed E-state index contributed by atoms with van der Waals surface area (Å²) in [7, 11) is 1.61. The molecule has 8 heteroatoms. The first-order valence-corrected chi connectivity index (χ1v) is 7.15. The zero-order valence-corrected chi connectivity index (χ0v) is 12.2. The van der Waals surface area contributed by atoms with E-state index < -0.39 is 17.6 Å². The van der Waals surface area contributed by atoms with Crippen LogP contribution in [0.3, 0.4) is 0 Å². The molecular formula is C13H22N4O4. The summed E-state index contributed by atoms with van der Waals surface area (Å²) in [5.74, 6) is -0.408.